The molecular formula is C8H10OZr. The van der Waals surface area contributed by atoms with Crippen molar-refractivity contribution in [3.8, 4) is 5.75 Å². The molecule has 0 fully saturated rings. The van der Waals surface area contributed by atoms with Gasteiger partial charge in [-0.05, 0) is 37.1 Å². The Balaban J connectivity index is 0.000000810. The number of hydrogen-bond donors (Lipinski definition) is 1. The number of benzene rings is 1. The van der Waals surface area contributed by atoms with Crippen molar-refractivity contribution in [2.75, 3.05) is 0 Å². The summed E-state index contributed by atoms with van der Waals surface area (Å²) in [6, 6.07) is 5.51. The molecule has 0 aliphatic carbocycles. The molecule has 52 valence electrons. The van der Waals surface area contributed by atoms with Crippen LogP contribution in [0.25, 0.3) is 0 Å². The molecule has 1 aromatic carbocycles. The Kier molecular flexibility index (Phi) is 3.89. The molecule has 0 unspecified atom stereocenters. The van der Waals surface area contributed by atoms with Gasteiger partial charge in [-0.3, -0.25) is 0 Å². The molecule has 10 heavy (non-hydrogen) atoms. The third-order valence-electron chi connectivity index (χ3n) is 1.21. The minimum Gasteiger partial charge on any atom is -0.508 e. The quantitative estimate of drug-likeness (QED) is 0.699. The average molecular weight is 213 g/mol. The van der Waals surface area contributed by atoms with Crippen LogP contribution in [0.15, 0.2) is 18.2 Å². The first kappa shape index (κ1) is 9.90. The number of hydrogen-bond acceptors (Lipinski definition) is 1. The Morgan fingerprint density at radius 2 is 1.40 bits per heavy atom. The van der Waals surface area contributed by atoms with Gasteiger partial charge in [0, 0.05) is 26.2 Å². The number of phenolic OH excluding ortho intramolecular Hbond substituents is 1. The number of rotatable bonds is 0. The molecule has 0 aliphatic rings. The summed E-state index contributed by atoms with van der Waals surface area (Å²) >= 11 is 0. The van der Waals surface area contributed by atoms with Gasteiger partial charge in [-0.15, -0.1) is 0 Å². The second-order valence-corrected chi connectivity index (χ2v) is 2.35. The Morgan fingerprint density at radius 3 is 1.70 bits per heavy atom. The van der Waals surface area contributed by atoms with Crippen molar-refractivity contribution in [2.45, 2.75) is 13.8 Å². The maximum atomic E-state index is 8.99. The normalized spacial score (nSPS) is 8.60. The van der Waals surface area contributed by atoms with Gasteiger partial charge in [-0.2, -0.15) is 0 Å². The first-order chi connectivity index (χ1) is 4.18. The van der Waals surface area contributed by atoms with Gasteiger partial charge in [-0.1, -0.05) is 6.07 Å². The third kappa shape index (κ3) is 2.66. The molecule has 1 aromatic rings. The summed E-state index contributed by atoms with van der Waals surface area (Å²) in [6.07, 6.45) is 0. The Labute approximate surface area is 80.2 Å². The van der Waals surface area contributed by atoms with Crippen LogP contribution in [0.4, 0.5) is 0 Å². The topological polar surface area (TPSA) is 20.2 Å². The van der Waals surface area contributed by atoms with Crippen molar-refractivity contribution in [3.05, 3.63) is 29.3 Å². The van der Waals surface area contributed by atoms with Crippen LogP contribution >= 0.6 is 0 Å². The number of aryl methyl sites for hydroxylation is 2. The summed E-state index contributed by atoms with van der Waals surface area (Å²) in [6.45, 7) is 3.93. The van der Waals surface area contributed by atoms with Crippen LogP contribution in [0.3, 0.4) is 0 Å². The fourth-order valence-corrected chi connectivity index (χ4v) is 0.951. The zero-order valence-corrected chi connectivity index (χ0v) is 8.64. The molecule has 1 nitrogen and oxygen atoms in total. The first-order valence-corrected chi connectivity index (χ1v) is 2.96. The predicted molar refractivity (Wildman–Crippen MR) is 37.6 cm³/mol. The SMILES string of the molecule is Cc1cc(C)cc(O)c1.[Zr]. The van der Waals surface area contributed by atoms with Crippen LogP contribution in [0, 0.1) is 13.8 Å². The van der Waals surface area contributed by atoms with E-state index in [4.69, 9.17) is 5.11 Å². The summed E-state index contributed by atoms with van der Waals surface area (Å²) < 4.78 is 0. The maximum absolute atomic E-state index is 8.99. The average Bonchev–Trinajstić information content (AvgIpc) is 1.59. The van der Waals surface area contributed by atoms with Crippen LogP contribution < -0.4 is 0 Å². The van der Waals surface area contributed by atoms with Gasteiger partial charge < -0.3 is 5.11 Å². The van der Waals surface area contributed by atoms with Crippen LogP contribution in [0.2, 0.25) is 0 Å². The van der Waals surface area contributed by atoms with E-state index >= 15 is 0 Å². The Hall–Kier alpha value is -0.0969. The number of aromatic hydroxyl groups is 1. The van der Waals surface area contributed by atoms with E-state index < -0.39 is 0 Å². The molecule has 0 aliphatic heterocycles. The fraction of sp³-hybridized carbons (Fsp3) is 0.250. The van der Waals surface area contributed by atoms with E-state index in [1.807, 2.05) is 19.9 Å². The van der Waals surface area contributed by atoms with Gasteiger partial charge >= 0.3 is 0 Å². The summed E-state index contributed by atoms with van der Waals surface area (Å²) in [5.41, 5.74) is 2.21. The molecule has 1 rings (SSSR count). The molecule has 0 radical (unpaired) electrons. The molecule has 0 atom stereocenters. The molecule has 0 aromatic heterocycles. The van der Waals surface area contributed by atoms with Crippen LogP contribution in [-0.2, 0) is 26.2 Å². The van der Waals surface area contributed by atoms with E-state index in [9.17, 15) is 0 Å². The van der Waals surface area contributed by atoms with Crippen LogP contribution in [-0.4, -0.2) is 5.11 Å². The molecular weight excluding hydrogens is 203 g/mol. The minimum absolute atomic E-state index is 0. The van der Waals surface area contributed by atoms with Gasteiger partial charge in [0.15, 0.2) is 0 Å². The van der Waals surface area contributed by atoms with Crippen molar-refractivity contribution in [1.29, 1.82) is 0 Å². The second-order valence-electron chi connectivity index (χ2n) is 2.35. The predicted octanol–water partition coefficient (Wildman–Crippen LogP) is 2.01. The largest absolute Gasteiger partial charge is 0.508 e. The summed E-state index contributed by atoms with van der Waals surface area (Å²) in [5.74, 6) is 0.354. The van der Waals surface area contributed by atoms with Gasteiger partial charge in [0.1, 0.15) is 5.75 Å². The maximum Gasteiger partial charge on any atom is 0.116 e. The van der Waals surface area contributed by atoms with Crippen molar-refractivity contribution < 1.29 is 31.3 Å². The summed E-state index contributed by atoms with van der Waals surface area (Å²) in [5, 5.41) is 8.99. The van der Waals surface area contributed by atoms with Gasteiger partial charge in [0.2, 0.25) is 0 Å². The van der Waals surface area contributed by atoms with Crippen molar-refractivity contribution in [1.82, 2.24) is 0 Å². The van der Waals surface area contributed by atoms with Crippen LogP contribution in [0.1, 0.15) is 11.1 Å². The third-order valence-corrected chi connectivity index (χ3v) is 1.21. The van der Waals surface area contributed by atoms with Crippen LogP contribution in [0.5, 0.6) is 5.75 Å². The van der Waals surface area contributed by atoms with Gasteiger partial charge in [0.25, 0.3) is 0 Å². The molecule has 0 amide bonds. The molecule has 2 heteroatoms. The monoisotopic (exact) mass is 212 g/mol. The van der Waals surface area contributed by atoms with E-state index in [1.165, 1.54) is 0 Å². The molecule has 0 saturated heterocycles. The van der Waals surface area contributed by atoms with E-state index in [2.05, 4.69) is 0 Å². The van der Waals surface area contributed by atoms with E-state index in [1.54, 1.807) is 12.1 Å². The molecule has 0 saturated carbocycles. The van der Waals surface area contributed by atoms with Gasteiger partial charge in [-0.25, -0.2) is 0 Å². The second kappa shape index (κ2) is 3.92. The van der Waals surface area contributed by atoms with Crippen molar-refractivity contribution >= 4 is 0 Å². The van der Waals surface area contributed by atoms with Gasteiger partial charge in [0.05, 0.1) is 0 Å². The van der Waals surface area contributed by atoms with Crippen molar-refractivity contribution in [3.63, 3.8) is 0 Å². The fourth-order valence-electron chi connectivity index (χ4n) is 0.951. The Bertz CT molecular complexity index is 170. The summed E-state index contributed by atoms with van der Waals surface area (Å²) in [4.78, 5) is 0. The number of phenols is 1. The summed E-state index contributed by atoms with van der Waals surface area (Å²) in [7, 11) is 0. The minimum atomic E-state index is 0. The molecule has 1 N–H and O–H groups in total. The molecule has 0 bridgehead atoms. The van der Waals surface area contributed by atoms with E-state index in [-0.39, 0.29) is 26.2 Å². The Morgan fingerprint density at radius 1 is 1.00 bits per heavy atom. The van der Waals surface area contributed by atoms with E-state index in [0.29, 0.717) is 5.75 Å². The molecule has 0 spiro atoms. The first-order valence-electron chi connectivity index (χ1n) is 2.96. The zero-order chi connectivity index (χ0) is 6.85. The standard InChI is InChI=1S/C8H10O.Zr/c1-6-3-7(2)5-8(9)4-6;/h3-5,9H,1-2H3;. The van der Waals surface area contributed by atoms with Crippen molar-refractivity contribution in [2.24, 2.45) is 0 Å². The zero-order valence-electron chi connectivity index (χ0n) is 6.18. The smallest absolute Gasteiger partial charge is 0.116 e. The molecule has 0 heterocycles. The van der Waals surface area contributed by atoms with E-state index in [0.717, 1.165) is 11.1 Å².